The molecule has 4 heteroatoms. The summed E-state index contributed by atoms with van der Waals surface area (Å²) in [6.07, 6.45) is 0. The van der Waals surface area contributed by atoms with Gasteiger partial charge in [0, 0.05) is 4.47 Å². The third-order valence-corrected chi connectivity index (χ3v) is 4.58. The lowest BCUT2D eigenvalue weighted by molar-refractivity contribution is 0.0982. The van der Waals surface area contributed by atoms with Crippen LogP contribution in [0.1, 0.15) is 26.7 Å². The number of rotatable bonds is 3. The van der Waals surface area contributed by atoms with Crippen molar-refractivity contribution in [2.45, 2.75) is 12.8 Å². The number of aryl methyl sites for hydroxylation is 1. The van der Waals surface area contributed by atoms with Crippen LogP contribution in [0.4, 0.5) is 0 Å². The van der Waals surface area contributed by atoms with E-state index < -0.39 is 5.92 Å². The molecule has 0 radical (unpaired) electrons. The number of carbonyl (C=O) groups is 1. The molecule has 2 aromatic rings. The molecule has 18 heavy (non-hydrogen) atoms. The van der Waals surface area contributed by atoms with Crippen molar-refractivity contribution in [3.63, 3.8) is 0 Å². The lowest BCUT2D eigenvalue weighted by Crippen LogP contribution is -2.11. The zero-order valence-corrected chi connectivity index (χ0v) is 12.1. The molecule has 1 unspecified atom stereocenters. The number of hydrogen-bond acceptors (Lipinski definition) is 3. The Morgan fingerprint density at radius 2 is 2.11 bits per heavy atom. The van der Waals surface area contributed by atoms with Crippen LogP contribution in [-0.2, 0) is 0 Å². The molecule has 0 saturated heterocycles. The number of carbonyl (C=O) groups excluding carboxylic acids is 1. The van der Waals surface area contributed by atoms with Crippen molar-refractivity contribution in [2.24, 2.45) is 0 Å². The summed E-state index contributed by atoms with van der Waals surface area (Å²) in [5.41, 5.74) is 1.75. The van der Waals surface area contributed by atoms with Gasteiger partial charge in [0.05, 0.1) is 10.9 Å². The summed E-state index contributed by atoms with van der Waals surface area (Å²) < 4.78 is 0.756. The molecule has 0 bridgehead atoms. The van der Waals surface area contributed by atoms with Gasteiger partial charge in [0.25, 0.3) is 0 Å². The smallest absolute Gasteiger partial charge is 0.195 e. The van der Waals surface area contributed by atoms with Crippen LogP contribution >= 0.6 is 27.3 Å². The molecule has 1 aromatic heterocycles. The van der Waals surface area contributed by atoms with E-state index in [1.165, 1.54) is 11.3 Å². The monoisotopic (exact) mass is 319 g/mol. The van der Waals surface area contributed by atoms with Gasteiger partial charge in [0.15, 0.2) is 5.78 Å². The number of ketones is 1. The number of nitriles is 1. The zero-order valence-electron chi connectivity index (χ0n) is 9.68. The van der Waals surface area contributed by atoms with Gasteiger partial charge in [0.2, 0.25) is 0 Å². The van der Waals surface area contributed by atoms with Gasteiger partial charge in [-0.2, -0.15) is 5.26 Å². The van der Waals surface area contributed by atoms with Crippen molar-refractivity contribution < 1.29 is 4.79 Å². The molecule has 2 rings (SSSR count). The molecule has 0 amide bonds. The Hall–Kier alpha value is -1.44. The predicted molar refractivity (Wildman–Crippen MR) is 75.9 cm³/mol. The maximum absolute atomic E-state index is 12.4. The highest BCUT2D eigenvalue weighted by Gasteiger charge is 2.25. The summed E-state index contributed by atoms with van der Waals surface area (Å²) >= 11 is 4.69. The van der Waals surface area contributed by atoms with Gasteiger partial charge in [-0.1, -0.05) is 24.3 Å². The normalized spacial score (nSPS) is 11.8. The van der Waals surface area contributed by atoms with Crippen LogP contribution in [0.3, 0.4) is 0 Å². The molecule has 90 valence electrons. The first-order valence-corrected chi connectivity index (χ1v) is 7.04. The Morgan fingerprint density at radius 1 is 1.39 bits per heavy atom. The first-order chi connectivity index (χ1) is 8.65. The van der Waals surface area contributed by atoms with Crippen LogP contribution in [0.2, 0.25) is 0 Å². The van der Waals surface area contributed by atoms with Gasteiger partial charge in [-0.25, -0.2) is 0 Å². The first-order valence-electron chi connectivity index (χ1n) is 5.37. The van der Waals surface area contributed by atoms with E-state index >= 15 is 0 Å². The Bertz CT molecular complexity index is 627. The van der Waals surface area contributed by atoms with Crippen LogP contribution in [-0.4, -0.2) is 5.78 Å². The molecular weight excluding hydrogens is 310 g/mol. The predicted octanol–water partition coefficient (Wildman–Crippen LogP) is 4.31. The minimum atomic E-state index is -0.735. The molecule has 1 aromatic carbocycles. The topological polar surface area (TPSA) is 40.9 Å². The average Bonchev–Trinajstić information content (AvgIpc) is 2.78. The minimum absolute atomic E-state index is 0.145. The number of benzene rings is 1. The van der Waals surface area contributed by atoms with E-state index in [1.54, 1.807) is 0 Å². The van der Waals surface area contributed by atoms with Crippen LogP contribution in [0, 0.1) is 18.3 Å². The molecule has 2 nitrogen and oxygen atoms in total. The second-order valence-corrected chi connectivity index (χ2v) is 5.65. The van der Waals surface area contributed by atoms with Crippen molar-refractivity contribution in [2.75, 3.05) is 0 Å². The fourth-order valence-corrected chi connectivity index (χ4v) is 3.32. The molecule has 0 fully saturated rings. The highest BCUT2D eigenvalue weighted by atomic mass is 79.9. The zero-order chi connectivity index (χ0) is 13.1. The Morgan fingerprint density at radius 3 is 2.67 bits per heavy atom. The maximum atomic E-state index is 12.4. The second kappa shape index (κ2) is 5.47. The highest BCUT2D eigenvalue weighted by molar-refractivity contribution is 9.10. The number of thiophene rings is 1. The van der Waals surface area contributed by atoms with Crippen molar-refractivity contribution in [1.29, 1.82) is 5.26 Å². The van der Waals surface area contributed by atoms with Gasteiger partial charge in [-0.15, -0.1) is 11.3 Å². The van der Waals surface area contributed by atoms with Crippen molar-refractivity contribution >= 4 is 33.0 Å². The van der Waals surface area contributed by atoms with Crippen LogP contribution in [0.5, 0.6) is 0 Å². The summed E-state index contributed by atoms with van der Waals surface area (Å²) in [5, 5.41) is 11.1. The largest absolute Gasteiger partial charge is 0.291 e. The van der Waals surface area contributed by atoms with E-state index in [9.17, 15) is 10.1 Å². The summed E-state index contributed by atoms with van der Waals surface area (Å²) in [4.78, 5) is 13.0. The summed E-state index contributed by atoms with van der Waals surface area (Å²) in [5.74, 6) is -0.880. The van der Waals surface area contributed by atoms with Crippen molar-refractivity contribution in [3.8, 4) is 6.07 Å². The van der Waals surface area contributed by atoms with Crippen LogP contribution in [0.15, 0.2) is 40.2 Å². The van der Waals surface area contributed by atoms with E-state index in [4.69, 9.17) is 0 Å². The molecule has 0 saturated carbocycles. The van der Waals surface area contributed by atoms with E-state index in [-0.39, 0.29) is 5.78 Å². The molecule has 0 N–H and O–H groups in total. The van der Waals surface area contributed by atoms with E-state index in [1.807, 2.05) is 42.6 Å². The molecular formula is C14H10BrNOS. The number of halogens is 1. The average molecular weight is 320 g/mol. The third-order valence-electron chi connectivity index (χ3n) is 2.73. The van der Waals surface area contributed by atoms with E-state index in [0.717, 1.165) is 15.6 Å². The molecule has 0 aliphatic rings. The molecule has 0 aliphatic carbocycles. The quantitative estimate of drug-likeness (QED) is 0.791. The third kappa shape index (κ3) is 2.38. The minimum Gasteiger partial charge on any atom is -0.291 e. The first kappa shape index (κ1) is 13.0. The van der Waals surface area contributed by atoms with E-state index in [2.05, 4.69) is 22.0 Å². The lowest BCUT2D eigenvalue weighted by atomic mass is 9.92. The van der Waals surface area contributed by atoms with Crippen LogP contribution in [0.25, 0.3) is 0 Å². The Balaban J connectivity index is 2.43. The fraction of sp³-hybridized carbons (Fsp3) is 0.143. The van der Waals surface area contributed by atoms with Crippen molar-refractivity contribution in [1.82, 2.24) is 0 Å². The summed E-state index contributed by atoms with van der Waals surface area (Å²) in [6.45, 7) is 1.91. The number of nitrogens with zero attached hydrogens (tertiary/aromatic N) is 1. The van der Waals surface area contributed by atoms with Gasteiger partial charge in [-0.05, 0) is 45.4 Å². The number of Topliss-reactive ketones (excluding diaryl/α,β-unsaturated/α-hetero) is 1. The van der Waals surface area contributed by atoms with E-state index in [0.29, 0.717) is 4.88 Å². The Kier molecular flexibility index (Phi) is 3.95. The molecule has 1 atom stereocenters. The fourth-order valence-electron chi connectivity index (χ4n) is 1.78. The van der Waals surface area contributed by atoms with Gasteiger partial charge in [-0.3, -0.25) is 4.79 Å². The van der Waals surface area contributed by atoms with Crippen LogP contribution < -0.4 is 0 Å². The lowest BCUT2D eigenvalue weighted by Gasteiger charge is -2.10. The SMILES string of the molecule is Cc1ccccc1C(C#N)C(=O)c1sccc1Br. The summed E-state index contributed by atoms with van der Waals surface area (Å²) in [6, 6.07) is 11.4. The summed E-state index contributed by atoms with van der Waals surface area (Å²) in [7, 11) is 0. The molecule has 0 spiro atoms. The standard InChI is InChI=1S/C14H10BrNOS/c1-9-4-2-3-5-10(9)11(8-16)13(17)14-12(15)6-7-18-14/h2-7,11H,1H3. The Labute approximate surface area is 118 Å². The molecule has 0 aliphatic heterocycles. The number of hydrogen-bond donors (Lipinski definition) is 0. The second-order valence-electron chi connectivity index (χ2n) is 3.88. The molecule has 1 heterocycles. The van der Waals surface area contributed by atoms with Gasteiger partial charge >= 0.3 is 0 Å². The maximum Gasteiger partial charge on any atom is 0.195 e. The highest BCUT2D eigenvalue weighted by Crippen LogP contribution is 2.30. The van der Waals surface area contributed by atoms with Gasteiger partial charge in [0.1, 0.15) is 5.92 Å². The van der Waals surface area contributed by atoms with Crippen molar-refractivity contribution in [3.05, 3.63) is 56.2 Å². The van der Waals surface area contributed by atoms with Gasteiger partial charge < -0.3 is 0 Å².